The van der Waals surface area contributed by atoms with Crippen molar-refractivity contribution >= 4 is 7.60 Å². The molecule has 66 valence electrons. The van der Waals surface area contributed by atoms with Gasteiger partial charge in [0.15, 0.2) is 0 Å². The smallest absolute Gasteiger partial charge is 0.811 e. The first-order valence-electron chi connectivity index (χ1n) is 3.23. The molecule has 0 aliphatic heterocycles. The third kappa shape index (κ3) is 16.5. The number of aliphatic hydroxyl groups is 1. The van der Waals surface area contributed by atoms with Crippen LogP contribution in [0.2, 0.25) is 0 Å². The number of hydrogen-bond acceptors (Lipinski definition) is 4. The van der Waals surface area contributed by atoms with Crippen molar-refractivity contribution in [1.29, 1.82) is 0 Å². The molecule has 0 aliphatic rings. The van der Waals surface area contributed by atoms with E-state index in [0.717, 1.165) is 0 Å². The summed E-state index contributed by atoms with van der Waals surface area (Å²) >= 11 is 0. The zero-order valence-corrected chi connectivity index (χ0v) is 13.2. The molecule has 0 unspecified atom stereocenters. The van der Waals surface area contributed by atoms with Gasteiger partial charge in [0, 0.05) is 0 Å². The van der Waals surface area contributed by atoms with Crippen LogP contribution in [0.25, 0.3) is 0 Å². The molecule has 0 aliphatic carbocycles. The Balaban J connectivity index is -0.000000500. The monoisotopic (exact) mass is 224 g/mol. The number of hydrogen-bond donors (Lipinski definition) is 1. The van der Waals surface area contributed by atoms with Gasteiger partial charge in [-0.05, 0) is 19.5 Å². The first-order chi connectivity index (χ1) is 4.95. The van der Waals surface area contributed by atoms with Gasteiger partial charge in [-0.1, -0.05) is 19.2 Å². The SMILES string of the molecule is C/C(=C\CCP(=O)([O-])[O-])CO.[Na+].[Na+]. The van der Waals surface area contributed by atoms with Crippen LogP contribution in [0.4, 0.5) is 0 Å². The first-order valence-corrected chi connectivity index (χ1v) is 4.96. The van der Waals surface area contributed by atoms with Crippen molar-refractivity contribution in [3.8, 4) is 0 Å². The van der Waals surface area contributed by atoms with E-state index in [1.165, 1.54) is 0 Å². The second-order valence-corrected chi connectivity index (χ2v) is 4.00. The Morgan fingerprint density at radius 1 is 1.46 bits per heavy atom. The third-order valence-electron chi connectivity index (χ3n) is 1.15. The van der Waals surface area contributed by atoms with Gasteiger partial charge in [-0.3, -0.25) is 0 Å². The summed E-state index contributed by atoms with van der Waals surface area (Å²) in [6.07, 6.45) is 1.36. The molecule has 0 spiro atoms. The van der Waals surface area contributed by atoms with Crippen LogP contribution in [-0.4, -0.2) is 17.9 Å². The van der Waals surface area contributed by atoms with Crippen LogP contribution in [0.3, 0.4) is 0 Å². The maximum atomic E-state index is 10.1. The predicted molar refractivity (Wildman–Crippen MR) is 37.9 cm³/mol. The molecule has 1 N–H and O–H groups in total. The van der Waals surface area contributed by atoms with E-state index in [9.17, 15) is 14.4 Å². The van der Waals surface area contributed by atoms with Crippen molar-refractivity contribution in [2.24, 2.45) is 0 Å². The average Bonchev–Trinajstić information content (AvgIpc) is 1.85. The van der Waals surface area contributed by atoms with E-state index in [1.807, 2.05) is 0 Å². The van der Waals surface area contributed by atoms with E-state index in [2.05, 4.69) is 0 Å². The standard InChI is InChI=1S/C6H13O4P.2Na/c1-6(5-7)3-2-4-11(8,9)10;;/h3,7H,2,4-5H2,1H3,(H2,8,9,10);;/q;2*+1/p-2/b6-3+;;. The average molecular weight is 224 g/mol. The van der Waals surface area contributed by atoms with Gasteiger partial charge in [0.05, 0.1) is 6.61 Å². The Bertz CT molecular complexity index is 189. The Morgan fingerprint density at radius 2 is 1.92 bits per heavy atom. The van der Waals surface area contributed by atoms with Crippen molar-refractivity contribution in [2.75, 3.05) is 12.8 Å². The van der Waals surface area contributed by atoms with Gasteiger partial charge in [0.2, 0.25) is 0 Å². The molecule has 7 heteroatoms. The maximum absolute atomic E-state index is 10.1. The summed E-state index contributed by atoms with van der Waals surface area (Å²) in [6.45, 7) is 1.57. The first kappa shape index (κ1) is 20.3. The van der Waals surface area contributed by atoms with Gasteiger partial charge < -0.3 is 19.5 Å². The molecule has 0 rings (SSSR count). The van der Waals surface area contributed by atoms with Gasteiger partial charge in [0.1, 0.15) is 0 Å². The van der Waals surface area contributed by atoms with E-state index in [-0.39, 0.29) is 78.3 Å². The Morgan fingerprint density at radius 3 is 2.23 bits per heavy atom. The number of aliphatic hydroxyl groups excluding tert-OH is 1. The van der Waals surface area contributed by atoms with Crippen LogP contribution in [0.1, 0.15) is 13.3 Å². The molecule has 0 saturated carbocycles. The molecule has 0 bridgehead atoms. The van der Waals surface area contributed by atoms with Gasteiger partial charge in [-0.15, -0.1) is 0 Å². The molecule has 0 aromatic carbocycles. The quantitative estimate of drug-likeness (QED) is 0.292. The second-order valence-electron chi connectivity index (χ2n) is 2.33. The van der Waals surface area contributed by atoms with Gasteiger partial charge in [-0.25, -0.2) is 0 Å². The molecule has 0 heterocycles. The van der Waals surface area contributed by atoms with Crippen molar-refractivity contribution in [3.63, 3.8) is 0 Å². The van der Waals surface area contributed by atoms with Gasteiger partial charge in [0.25, 0.3) is 0 Å². The normalized spacial score (nSPS) is 11.5. The molecule has 0 aromatic rings. The summed E-state index contributed by atoms with van der Waals surface area (Å²) in [4.78, 5) is 20.2. The summed E-state index contributed by atoms with van der Waals surface area (Å²) in [5.74, 6) is 0. The van der Waals surface area contributed by atoms with Crippen molar-refractivity contribution in [3.05, 3.63) is 11.6 Å². The fourth-order valence-electron chi connectivity index (χ4n) is 0.534. The molecular weight excluding hydrogens is 213 g/mol. The van der Waals surface area contributed by atoms with E-state index in [0.29, 0.717) is 5.57 Å². The Hall–Kier alpha value is 1.85. The maximum Gasteiger partial charge on any atom is 1.00 e. The summed E-state index contributed by atoms with van der Waals surface area (Å²) in [5, 5.41) is 8.47. The van der Waals surface area contributed by atoms with Crippen molar-refractivity contribution in [2.45, 2.75) is 13.3 Å². The summed E-state index contributed by atoms with van der Waals surface area (Å²) in [6, 6.07) is 0. The Kier molecular flexibility index (Phi) is 16.2. The number of rotatable bonds is 4. The molecule has 13 heavy (non-hydrogen) atoms. The minimum Gasteiger partial charge on any atom is -0.811 e. The van der Waals surface area contributed by atoms with Crippen LogP contribution < -0.4 is 68.9 Å². The molecule has 0 aromatic heterocycles. The Labute approximate surface area is 123 Å². The predicted octanol–water partition coefficient (Wildman–Crippen LogP) is -6.76. The minimum absolute atomic E-state index is 0. The van der Waals surface area contributed by atoms with Crippen LogP contribution >= 0.6 is 7.60 Å². The summed E-state index contributed by atoms with van der Waals surface area (Å²) < 4.78 is 10.1. The fraction of sp³-hybridized carbons (Fsp3) is 0.667. The largest absolute Gasteiger partial charge is 1.00 e. The number of allylic oxidation sites excluding steroid dienone is 1. The molecule has 0 atom stereocenters. The van der Waals surface area contributed by atoms with E-state index in [1.54, 1.807) is 13.0 Å². The molecular formula is C6H11Na2O4P. The van der Waals surface area contributed by atoms with Crippen LogP contribution in [0.5, 0.6) is 0 Å². The fourth-order valence-corrected chi connectivity index (χ4v) is 0.979. The van der Waals surface area contributed by atoms with E-state index < -0.39 is 7.60 Å². The van der Waals surface area contributed by atoms with E-state index >= 15 is 0 Å². The molecule has 0 amide bonds. The van der Waals surface area contributed by atoms with Crippen LogP contribution in [0.15, 0.2) is 11.6 Å². The minimum atomic E-state index is -4.36. The summed E-state index contributed by atoms with van der Waals surface area (Å²) in [7, 11) is -4.36. The van der Waals surface area contributed by atoms with Crippen LogP contribution in [-0.2, 0) is 4.57 Å². The molecule has 4 nitrogen and oxygen atoms in total. The topological polar surface area (TPSA) is 83.4 Å². The van der Waals surface area contributed by atoms with Crippen LogP contribution in [0, 0.1) is 0 Å². The molecule has 0 saturated heterocycles. The van der Waals surface area contributed by atoms with E-state index in [4.69, 9.17) is 5.11 Å². The van der Waals surface area contributed by atoms with Gasteiger partial charge >= 0.3 is 59.1 Å². The van der Waals surface area contributed by atoms with Gasteiger partial charge in [-0.2, -0.15) is 0 Å². The van der Waals surface area contributed by atoms with Crippen molar-refractivity contribution in [1.82, 2.24) is 0 Å². The zero-order chi connectivity index (χ0) is 8.91. The molecule has 0 fully saturated rings. The second kappa shape index (κ2) is 10.4. The molecule has 0 radical (unpaired) electrons. The van der Waals surface area contributed by atoms with Crippen molar-refractivity contribution < 1.29 is 78.6 Å². The summed E-state index contributed by atoms with van der Waals surface area (Å²) in [5.41, 5.74) is 0.679. The third-order valence-corrected chi connectivity index (χ3v) is 1.95. The zero-order valence-electron chi connectivity index (χ0n) is 8.32.